The average Bonchev–Trinajstić information content (AvgIpc) is 2.24. The van der Waals surface area contributed by atoms with Crippen molar-refractivity contribution in [1.29, 1.82) is 0 Å². The first kappa shape index (κ1) is 12.8. The highest BCUT2D eigenvalue weighted by Gasteiger charge is 2.08. The van der Waals surface area contributed by atoms with Crippen molar-refractivity contribution >= 4 is 23.2 Å². The van der Waals surface area contributed by atoms with Gasteiger partial charge in [-0.25, -0.2) is 0 Å². The largest absolute Gasteiger partial charge is 0.395 e. The van der Waals surface area contributed by atoms with Gasteiger partial charge >= 0.3 is 0 Å². The van der Waals surface area contributed by atoms with Gasteiger partial charge in [-0.3, -0.25) is 4.90 Å². The van der Waals surface area contributed by atoms with Crippen LogP contribution in [0.3, 0.4) is 0 Å². The van der Waals surface area contributed by atoms with Crippen molar-refractivity contribution in [2.24, 2.45) is 0 Å². The monoisotopic (exact) mass is 247 g/mol. The Labute approximate surface area is 100 Å². The van der Waals surface area contributed by atoms with Crippen molar-refractivity contribution < 1.29 is 5.11 Å². The van der Waals surface area contributed by atoms with Crippen LogP contribution in [0.1, 0.15) is 12.5 Å². The summed E-state index contributed by atoms with van der Waals surface area (Å²) in [5, 5.41) is 10.1. The van der Waals surface area contributed by atoms with Crippen molar-refractivity contribution in [1.82, 2.24) is 4.90 Å². The molecule has 0 spiro atoms. The lowest BCUT2D eigenvalue weighted by atomic mass is 10.2. The second-order valence-corrected chi connectivity index (χ2v) is 4.09. The summed E-state index contributed by atoms with van der Waals surface area (Å²) >= 11 is 12.0. The zero-order valence-electron chi connectivity index (χ0n) is 8.71. The highest BCUT2D eigenvalue weighted by molar-refractivity contribution is 6.42. The second-order valence-electron chi connectivity index (χ2n) is 3.31. The molecule has 15 heavy (non-hydrogen) atoms. The van der Waals surface area contributed by atoms with Crippen LogP contribution in [0.5, 0.6) is 0 Å². The minimum atomic E-state index is 0.159. The molecule has 0 saturated heterocycles. The maximum Gasteiger partial charge on any atom is 0.0637 e. The molecule has 1 aromatic rings. The van der Waals surface area contributed by atoms with E-state index in [1.54, 1.807) is 6.07 Å². The molecule has 0 amide bonds. The van der Waals surface area contributed by atoms with Crippen molar-refractivity contribution in [3.63, 3.8) is 0 Å². The van der Waals surface area contributed by atoms with Gasteiger partial charge in [0, 0.05) is 13.1 Å². The molecular formula is C11H15Cl2NO. The number of benzene rings is 1. The van der Waals surface area contributed by atoms with Crippen LogP contribution in [0.25, 0.3) is 0 Å². The fourth-order valence-corrected chi connectivity index (χ4v) is 1.78. The lowest BCUT2D eigenvalue weighted by molar-refractivity contribution is 0.197. The molecule has 0 unspecified atom stereocenters. The van der Waals surface area contributed by atoms with Gasteiger partial charge in [-0.2, -0.15) is 0 Å². The molecule has 1 aromatic carbocycles. The Morgan fingerprint density at radius 2 is 2.07 bits per heavy atom. The van der Waals surface area contributed by atoms with Gasteiger partial charge < -0.3 is 5.11 Å². The molecule has 2 nitrogen and oxygen atoms in total. The Hall–Kier alpha value is -0.280. The molecule has 0 aromatic heterocycles. The Balaban J connectivity index is 2.74. The predicted octanol–water partition coefficient (Wildman–Crippen LogP) is 2.81. The summed E-state index contributed by atoms with van der Waals surface area (Å²) in [7, 11) is 0. The SMILES string of the molecule is CCN(CCO)Cc1cccc(Cl)c1Cl. The molecule has 0 heterocycles. The fourth-order valence-electron chi connectivity index (χ4n) is 1.40. The van der Waals surface area contributed by atoms with Gasteiger partial charge in [0.05, 0.1) is 16.7 Å². The first-order chi connectivity index (χ1) is 7.19. The number of aliphatic hydroxyl groups is 1. The van der Waals surface area contributed by atoms with Gasteiger partial charge in [0.2, 0.25) is 0 Å². The van der Waals surface area contributed by atoms with Crippen molar-refractivity contribution in [2.45, 2.75) is 13.5 Å². The number of rotatable bonds is 5. The number of hydrogen-bond donors (Lipinski definition) is 1. The maximum absolute atomic E-state index is 8.87. The van der Waals surface area contributed by atoms with Crippen LogP contribution in [-0.4, -0.2) is 29.7 Å². The lowest BCUT2D eigenvalue weighted by Gasteiger charge is -2.19. The zero-order chi connectivity index (χ0) is 11.3. The summed E-state index contributed by atoms with van der Waals surface area (Å²) in [6.45, 7) is 4.46. The number of nitrogens with zero attached hydrogens (tertiary/aromatic N) is 1. The summed E-state index contributed by atoms with van der Waals surface area (Å²) < 4.78 is 0. The Kier molecular flexibility index (Phi) is 5.40. The van der Waals surface area contributed by atoms with E-state index in [0.717, 1.165) is 18.7 Å². The van der Waals surface area contributed by atoms with Crippen LogP contribution < -0.4 is 0 Å². The van der Waals surface area contributed by atoms with Crippen LogP contribution in [-0.2, 0) is 6.54 Å². The smallest absolute Gasteiger partial charge is 0.0637 e. The summed E-state index contributed by atoms with van der Waals surface area (Å²) in [6.07, 6.45) is 0. The summed E-state index contributed by atoms with van der Waals surface area (Å²) in [5.41, 5.74) is 1.000. The number of hydrogen-bond acceptors (Lipinski definition) is 2. The van der Waals surface area contributed by atoms with E-state index in [9.17, 15) is 0 Å². The molecule has 1 rings (SSSR count). The number of likely N-dealkylation sites (N-methyl/N-ethyl adjacent to an activating group) is 1. The molecule has 0 saturated carbocycles. The van der Waals surface area contributed by atoms with Crippen LogP contribution >= 0.6 is 23.2 Å². The van der Waals surface area contributed by atoms with Crippen molar-refractivity contribution in [3.05, 3.63) is 33.8 Å². The van der Waals surface area contributed by atoms with Gasteiger partial charge in [0.15, 0.2) is 0 Å². The van der Waals surface area contributed by atoms with Crippen molar-refractivity contribution in [2.75, 3.05) is 19.7 Å². The van der Waals surface area contributed by atoms with Gasteiger partial charge in [-0.05, 0) is 18.2 Å². The third kappa shape index (κ3) is 3.65. The maximum atomic E-state index is 8.87. The van der Waals surface area contributed by atoms with E-state index in [2.05, 4.69) is 4.90 Å². The van der Waals surface area contributed by atoms with Crippen LogP contribution in [0.4, 0.5) is 0 Å². The standard InChI is InChI=1S/C11H15Cl2NO/c1-2-14(6-7-15)8-9-4-3-5-10(12)11(9)13/h3-5,15H,2,6-8H2,1H3. The molecule has 84 valence electrons. The second kappa shape index (κ2) is 6.33. The topological polar surface area (TPSA) is 23.5 Å². The van der Waals surface area contributed by atoms with Gasteiger partial charge in [0.25, 0.3) is 0 Å². The third-order valence-electron chi connectivity index (χ3n) is 2.29. The first-order valence-corrected chi connectivity index (χ1v) is 5.70. The molecule has 0 atom stereocenters. The van der Waals surface area contributed by atoms with Gasteiger partial charge in [-0.15, -0.1) is 0 Å². The van der Waals surface area contributed by atoms with E-state index in [1.807, 2.05) is 19.1 Å². The van der Waals surface area contributed by atoms with Crippen LogP contribution in [0.15, 0.2) is 18.2 Å². The Morgan fingerprint density at radius 1 is 1.33 bits per heavy atom. The van der Waals surface area contributed by atoms with Crippen LogP contribution in [0, 0.1) is 0 Å². The van der Waals surface area contributed by atoms with Gasteiger partial charge in [-0.1, -0.05) is 42.3 Å². The number of halogens is 2. The van der Waals surface area contributed by atoms with Crippen molar-refractivity contribution in [3.8, 4) is 0 Å². The van der Waals surface area contributed by atoms with Crippen LogP contribution in [0.2, 0.25) is 10.0 Å². The van der Waals surface area contributed by atoms with E-state index in [1.165, 1.54) is 0 Å². The minimum absolute atomic E-state index is 0.159. The molecule has 0 bridgehead atoms. The highest BCUT2D eigenvalue weighted by atomic mass is 35.5. The molecule has 4 heteroatoms. The summed E-state index contributed by atoms with van der Waals surface area (Å²) in [6, 6.07) is 5.61. The van der Waals surface area contributed by atoms with E-state index in [-0.39, 0.29) is 6.61 Å². The van der Waals surface area contributed by atoms with Gasteiger partial charge in [0.1, 0.15) is 0 Å². The molecule has 0 fully saturated rings. The highest BCUT2D eigenvalue weighted by Crippen LogP contribution is 2.26. The van der Waals surface area contributed by atoms with E-state index in [0.29, 0.717) is 16.6 Å². The predicted molar refractivity (Wildman–Crippen MR) is 64.5 cm³/mol. The molecule has 0 aliphatic heterocycles. The minimum Gasteiger partial charge on any atom is -0.395 e. The summed E-state index contributed by atoms with van der Waals surface area (Å²) in [4.78, 5) is 2.11. The van der Waals surface area contributed by atoms with E-state index < -0.39 is 0 Å². The van der Waals surface area contributed by atoms with E-state index in [4.69, 9.17) is 28.3 Å². The zero-order valence-corrected chi connectivity index (χ0v) is 10.2. The molecule has 0 aliphatic carbocycles. The Bertz CT molecular complexity index is 317. The van der Waals surface area contributed by atoms with E-state index >= 15 is 0 Å². The fraction of sp³-hybridized carbons (Fsp3) is 0.455. The average molecular weight is 248 g/mol. The molecular weight excluding hydrogens is 233 g/mol. The first-order valence-electron chi connectivity index (χ1n) is 4.95. The molecule has 1 N–H and O–H groups in total. The molecule has 0 radical (unpaired) electrons. The summed E-state index contributed by atoms with van der Waals surface area (Å²) in [5.74, 6) is 0. The lowest BCUT2D eigenvalue weighted by Crippen LogP contribution is -2.26. The normalized spacial score (nSPS) is 11.0. The third-order valence-corrected chi connectivity index (χ3v) is 3.15. The quantitative estimate of drug-likeness (QED) is 0.866. The Morgan fingerprint density at radius 3 is 2.67 bits per heavy atom. The molecule has 0 aliphatic rings. The number of aliphatic hydroxyl groups excluding tert-OH is 1.